The Hall–Kier alpha value is -3.33. The Balaban J connectivity index is 2.23. The molecule has 0 atom stereocenters. The number of nitro benzene ring substituents is 1. The summed E-state index contributed by atoms with van der Waals surface area (Å²) in [6.45, 7) is 0. The molecule has 0 aliphatic heterocycles. The van der Waals surface area contributed by atoms with E-state index in [4.69, 9.17) is 25.8 Å². The summed E-state index contributed by atoms with van der Waals surface area (Å²) in [6.07, 6.45) is 1.31. The minimum atomic E-state index is -0.677. The molecule has 0 radical (unpaired) electrons. The standard InChI is InChI=1S/C17H16ClN3O6/c1-25-14-5-4-11(21(23)24)7-12(14)17(22)20-19-9-10-6-15(26-2)16(27-3)8-13(10)18/h4-9H,1-3H3,(H,20,22)/b19-9-. The van der Waals surface area contributed by atoms with E-state index in [1.807, 2.05) is 0 Å². The Morgan fingerprint density at radius 1 is 1.11 bits per heavy atom. The van der Waals surface area contributed by atoms with Gasteiger partial charge in [0.25, 0.3) is 11.6 Å². The highest BCUT2D eigenvalue weighted by atomic mass is 35.5. The zero-order valence-electron chi connectivity index (χ0n) is 14.7. The van der Waals surface area contributed by atoms with E-state index >= 15 is 0 Å². The first kappa shape index (κ1) is 20.0. The molecule has 0 aromatic heterocycles. The Bertz CT molecular complexity index is 900. The number of amides is 1. The highest BCUT2D eigenvalue weighted by Gasteiger charge is 2.17. The van der Waals surface area contributed by atoms with Gasteiger partial charge >= 0.3 is 0 Å². The molecule has 10 heteroatoms. The predicted molar refractivity (Wildman–Crippen MR) is 99.3 cm³/mol. The lowest BCUT2D eigenvalue weighted by Gasteiger charge is -2.09. The molecule has 0 saturated carbocycles. The second-order valence-corrected chi connectivity index (χ2v) is 5.48. The van der Waals surface area contributed by atoms with E-state index in [1.165, 1.54) is 39.7 Å². The van der Waals surface area contributed by atoms with Crippen LogP contribution < -0.4 is 19.6 Å². The van der Waals surface area contributed by atoms with Gasteiger partial charge in [-0.1, -0.05) is 11.6 Å². The molecule has 1 N–H and O–H groups in total. The molecule has 2 aromatic carbocycles. The van der Waals surface area contributed by atoms with Crippen molar-refractivity contribution in [3.63, 3.8) is 0 Å². The van der Waals surface area contributed by atoms with Gasteiger partial charge in [0.1, 0.15) is 5.75 Å². The third-order valence-corrected chi connectivity index (χ3v) is 3.84. The topological polar surface area (TPSA) is 112 Å². The first-order chi connectivity index (χ1) is 12.9. The molecule has 0 aliphatic rings. The van der Waals surface area contributed by atoms with E-state index in [0.29, 0.717) is 22.1 Å². The summed E-state index contributed by atoms with van der Waals surface area (Å²) >= 11 is 6.14. The van der Waals surface area contributed by atoms with Gasteiger partial charge in [-0.05, 0) is 12.1 Å². The van der Waals surface area contributed by atoms with Crippen molar-refractivity contribution in [2.45, 2.75) is 0 Å². The molecule has 0 saturated heterocycles. The summed E-state index contributed by atoms with van der Waals surface area (Å²) in [5.41, 5.74) is 2.48. The minimum absolute atomic E-state index is 0.0257. The molecule has 0 unspecified atom stereocenters. The maximum atomic E-state index is 12.3. The van der Waals surface area contributed by atoms with Gasteiger partial charge in [-0.3, -0.25) is 14.9 Å². The molecule has 142 valence electrons. The summed E-state index contributed by atoms with van der Waals surface area (Å²) < 4.78 is 15.4. The van der Waals surface area contributed by atoms with Gasteiger partial charge < -0.3 is 14.2 Å². The molecule has 2 aromatic rings. The summed E-state index contributed by atoms with van der Waals surface area (Å²) in [7, 11) is 4.31. The van der Waals surface area contributed by atoms with E-state index < -0.39 is 10.8 Å². The largest absolute Gasteiger partial charge is 0.496 e. The number of nitro groups is 1. The fraction of sp³-hybridized carbons (Fsp3) is 0.176. The van der Waals surface area contributed by atoms with Crippen LogP contribution in [0.1, 0.15) is 15.9 Å². The van der Waals surface area contributed by atoms with E-state index in [-0.39, 0.29) is 17.0 Å². The van der Waals surface area contributed by atoms with Crippen LogP contribution >= 0.6 is 11.6 Å². The lowest BCUT2D eigenvalue weighted by Crippen LogP contribution is -2.18. The normalized spacial score (nSPS) is 10.5. The van der Waals surface area contributed by atoms with E-state index in [2.05, 4.69) is 10.5 Å². The molecular weight excluding hydrogens is 378 g/mol. The van der Waals surface area contributed by atoms with Gasteiger partial charge in [-0.2, -0.15) is 5.10 Å². The number of hydrogen-bond donors (Lipinski definition) is 1. The Labute approximate surface area is 159 Å². The first-order valence-electron chi connectivity index (χ1n) is 7.48. The van der Waals surface area contributed by atoms with Crippen LogP contribution in [0.3, 0.4) is 0 Å². The number of rotatable bonds is 7. The molecule has 2 rings (SSSR count). The van der Waals surface area contributed by atoms with Crippen molar-refractivity contribution in [1.82, 2.24) is 5.43 Å². The molecular formula is C17H16ClN3O6. The number of ether oxygens (including phenoxy) is 3. The number of methoxy groups -OCH3 is 3. The van der Waals surface area contributed by atoms with E-state index in [0.717, 1.165) is 6.07 Å². The Kier molecular flexibility index (Phi) is 6.56. The van der Waals surface area contributed by atoms with Crippen molar-refractivity contribution in [2.75, 3.05) is 21.3 Å². The fourth-order valence-corrected chi connectivity index (χ4v) is 2.38. The second-order valence-electron chi connectivity index (χ2n) is 5.07. The van der Waals surface area contributed by atoms with Crippen LogP contribution in [0.15, 0.2) is 35.4 Å². The van der Waals surface area contributed by atoms with Gasteiger partial charge in [-0.25, -0.2) is 5.43 Å². The number of hydrogen-bond acceptors (Lipinski definition) is 7. The summed E-state index contributed by atoms with van der Waals surface area (Å²) in [5, 5.41) is 15.1. The van der Waals surface area contributed by atoms with E-state index in [1.54, 1.807) is 12.1 Å². The Morgan fingerprint density at radius 3 is 2.33 bits per heavy atom. The first-order valence-corrected chi connectivity index (χ1v) is 7.86. The third-order valence-electron chi connectivity index (χ3n) is 3.51. The number of nitrogens with zero attached hydrogens (tertiary/aromatic N) is 2. The summed E-state index contributed by atoms with van der Waals surface area (Å²) in [6, 6.07) is 6.81. The maximum Gasteiger partial charge on any atom is 0.275 e. The average Bonchev–Trinajstić information content (AvgIpc) is 2.67. The molecule has 27 heavy (non-hydrogen) atoms. The minimum Gasteiger partial charge on any atom is -0.496 e. The zero-order valence-corrected chi connectivity index (χ0v) is 15.4. The van der Waals surface area contributed by atoms with Crippen molar-refractivity contribution in [1.29, 1.82) is 0 Å². The SMILES string of the molecule is COc1cc(Cl)c(/C=N\NC(=O)c2cc([N+](=O)[O-])ccc2OC)cc1OC. The van der Waals surface area contributed by atoms with Crippen LogP contribution in [0.25, 0.3) is 0 Å². The number of carbonyl (C=O) groups is 1. The number of halogens is 1. The van der Waals surface area contributed by atoms with Gasteiger partial charge in [0.05, 0.1) is 43.1 Å². The van der Waals surface area contributed by atoms with Gasteiger partial charge in [-0.15, -0.1) is 0 Å². The highest BCUT2D eigenvalue weighted by Crippen LogP contribution is 2.32. The maximum absolute atomic E-state index is 12.3. The van der Waals surface area contributed by atoms with Crippen LogP contribution in [0.5, 0.6) is 17.2 Å². The smallest absolute Gasteiger partial charge is 0.275 e. The van der Waals surface area contributed by atoms with Crippen molar-refractivity contribution in [2.24, 2.45) is 5.10 Å². The molecule has 0 fully saturated rings. The molecule has 0 spiro atoms. The van der Waals surface area contributed by atoms with Crippen LogP contribution in [-0.2, 0) is 0 Å². The Morgan fingerprint density at radius 2 is 1.74 bits per heavy atom. The molecule has 0 aliphatic carbocycles. The summed E-state index contributed by atoms with van der Waals surface area (Å²) in [5.74, 6) is 0.390. The highest BCUT2D eigenvalue weighted by molar-refractivity contribution is 6.33. The molecule has 0 heterocycles. The average molecular weight is 394 g/mol. The van der Waals surface area contributed by atoms with E-state index in [9.17, 15) is 14.9 Å². The van der Waals surface area contributed by atoms with Crippen molar-refractivity contribution in [3.8, 4) is 17.2 Å². The lowest BCUT2D eigenvalue weighted by molar-refractivity contribution is -0.384. The number of hydrazone groups is 1. The zero-order chi connectivity index (χ0) is 20.0. The lowest BCUT2D eigenvalue weighted by atomic mass is 10.1. The molecule has 0 bridgehead atoms. The third kappa shape index (κ3) is 4.64. The predicted octanol–water partition coefficient (Wildman–Crippen LogP) is 3.04. The number of non-ortho nitro benzene ring substituents is 1. The number of benzene rings is 2. The van der Waals surface area contributed by atoms with Crippen LogP contribution in [0.4, 0.5) is 5.69 Å². The monoisotopic (exact) mass is 393 g/mol. The molecule has 9 nitrogen and oxygen atoms in total. The van der Waals surface area contributed by atoms with Gasteiger partial charge in [0, 0.05) is 23.8 Å². The van der Waals surface area contributed by atoms with Gasteiger partial charge in [0.2, 0.25) is 0 Å². The van der Waals surface area contributed by atoms with Crippen molar-refractivity contribution >= 4 is 29.4 Å². The quantitative estimate of drug-likeness (QED) is 0.439. The fourth-order valence-electron chi connectivity index (χ4n) is 2.18. The molecule has 1 amide bonds. The van der Waals surface area contributed by atoms with Crippen molar-refractivity contribution < 1.29 is 23.9 Å². The van der Waals surface area contributed by atoms with Gasteiger partial charge in [0.15, 0.2) is 11.5 Å². The number of carbonyl (C=O) groups excluding carboxylic acids is 1. The number of nitrogens with one attached hydrogen (secondary N) is 1. The van der Waals surface area contributed by atoms with Crippen LogP contribution in [0, 0.1) is 10.1 Å². The van der Waals surface area contributed by atoms with Crippen LogP contribution in [-0.4, -0.2) is 38.4 Å². The van der Waals surface area contributed by atoms with Crippen molar-refractivity contribution in [3.05, 3.63) is 56.6 Å². The second kappa shape index (κ2) is 8.86. The van der Waals surface area contributed by atoms with Crippen LogP contribution in [0.2, 0.25) is 5.02 Å². The summed E-state index contributed by atoms with van der Waals surface area (Å²) in [4.78, 5) is 22.6.